The lowest BCUT2D eigenvalue weighted by atomic mass is 10.2. The molecule has 0 radical (unpaired) electrons. The first kappa shape index (κ1) is 18.5. The van der Waals surface area contributed by atoms with Gasteiger partial charge in [-0.15, -0.1) is 0 Å². The minimum atomic E-state index is -0.307. The van der Waals surface area contributed by atoms with E-state index in [1.165, 1.54) is 0 Å². The van der Waals surface area contributed by atoms with E-state index in [4.69, 9.17) is 4.74 Å². The predicted molar refractivity (Wildman–Crippen MR) is 101 cm³/mol. The summed E-state index contributed by atoms with van der Waals surface area (Å²) in [6, 6.07) is 10.5. The van der Waals surface area contributed by atoms with Crippen LogP contribution in [0.25, 0.3) is 0 Å². The van der Waals surface area contributed by atoms with Crippen LogP contribution in [-0.4, -0.2) is 25.5 Å². The summed E-state index contributed by atoms with van der Waals surface area (Å²) < 4.78 is 7.29. The van der Waals surface area contributed by atoms with Gasteiger partial charge in [-0.25, -0.2) is 0 Å². The van der Waals surface area contributed by atoms with Gasteiger partial charge in [-0.3, -0.25) is 9.59 Å². The van der Waals surface area contributed by atoms with E-state index in [9.17, 15) is 9.59 Å². The lowest BCUT2D eigenvalue weighted by molar-refractivity contribution is -0.118. The maximum Gasteiger partial charge on any atom is 0.262 e. The lowest BCUT2D eigenvalue weighted by Crippen LogP contribution is -2.21. The molecule has 0 aliphatic carbocycles. The summed E-state index contributed by atoms with van der Waals surface area (Å²) in [5.74, 6) is 0.0995. The monoisotopic (exact) mass is 454 g/mol. The van der Waals surface area contributed by atoms with Gasteiger partial charge in [-0.1, -0.05) is 22.0 Å². The van der Waals surface area contributed by atoms with Crippen molar-refractivity contribution >= 4 is 49.4 Å². The maximum absolute atomic E-state index is 12.1. The number of amides is 2. The van der Waals surface area contributed by atoms with Crippen molar-refractivity contribution in [2.45, 2.75) is 6.92 Å². The second-order valence-corrected chi connectivity index (χ2v) is 6.80. The Kier molecular flexibility index (Phi) is 6.39. The second kappa shape index (κ2) is 8.30. The van der Waals surface area contributed by atoms with Gasteiger partial charge in [0.15, 0.2) is 6.61 Å². The van der Waals surface area contributed by atoms with Crippen molar-refractivity contribution < 1.29 is 14.3 Å². The third-order valence-electron chi connectivity index (χ3n) is 3.18. The molecule has 0 atom stereocenters. The standard InChI is InChI=1S/C17H16Br2N2O3/c1-10-6-12(18)8-14(19)16(10)24-9-15(22)21-13-5-3-4-11(7-13)17(23)20-2/h3-8H,9H2,1-2H3,(H,20,23)(H,21,22). The van der Waals surface area contributed by atoms with Crippen LogP contribution >= 0.6 is 31.9 Å². The number of nitrogens with one attached hydrogen (secondary N) is 2. The Morgan fingerprint density at radius 2 is 1.92 bits per heavy atom. The van der Waals surface area contributed by atoms with Crippen molar-refractivity contribution in [2.24, 2.45) is 0 Å². The van der Waals surface area contributed by atoms with Gasteiger partial charge in [0.05, 0.1) is 4.47 Å². The normalized spacial score (nSPS) is 10.2. The number of halogens is 2. The molecule has 0 aliphatic rings. The molecule has 0 heterocycles. The zero-order valence-corrected chi connectivity index (χ0v) is 16.3. The molecule has 0 unspecified atom stereocenters. The molecule has 2 aromatic rings. The molecule has 2 rings (SSSR count). The summed E-state index contributed by atoms with van der Waals surface area (Å²) in [6.45, 7) is 1.76. The third-order valence-corrected chi connectivity index (χ3v) is 4.22. The highest BCUT2D eigenvalue weighted by Gasteiger charge is 2.11. The lowest BCUT2D eigenvalue weighted by Gasteiger charge is -2.12. The zero-order chi connectivity index (χ0) is 17.7. The average molecular weight is 456 g/mol. The molecule has 2 N–H and O–H groups in total. The fraction of sp³-hybridized carbons (Fsp3) is 0.176. The van der Waals surface area contributed by atoms with Gasteiger partial charge in [0.1, 0.15) is 5.75 Å². The van der Waals surface area contributed by atoms with E-state index in [0.29, 0.717) is 17.0 Å². The van der Waals surface area contributed by atoms with E-state index in [0.717, 1.165) is 14.5 Å². The van der Waals surface area contributed by atoms with Crippen molar-refractivity contribution in [3.05, 3.63) is 56.5 Å². The number of rotatable bonds is 5. The van der Waals surface area contributed by atoms with E-state index >= 15 is 0 Å². The number of carbonyl (C=O) groups is 2. The Morgan fingerprint density at radius 1 is 1.17 bits per heavy atom. The van der Waals surface area contributed by atoms with Gasteiger partial charge in [0, 0.05) is 22.8 Å². The molecule has 7 heteroatoms. The quantitative estimate of drug-likeness (QED) is 0.718. The highest BCUT2D eigenvalue weighted by molar-refractivity contribution is 9.11. The van der Waals surface area contributed by atoms with Crippen molar-refractivity contribution in [3.8, 4) is 5.75 Å². The number of carbonyl (C=O) groups excluding carboxylic acids is 2. The van der Waals surface area contributed by atoms with E-state index in [1.807, 2.05) is 19.1 Å². The van der Waals surface area contributed by atoms with Gasteiger partial charge in [0.25, 0.3) is 11.8 Å². The molecule has 2 aromatic carbocycles. The van der Waals surface area contributed by atoms with Crippen molar-refractivity contribution in [2.75, 3.05) is 19.0 Å². The first-order chi connectivity index (χ1) is 11.4. The summed E-state index contributed by atoms with van der Waals surface area (Å²) in [6.07, 6.45) is 0. The van der Waals surface area contributed by atoms with Crippen LogP contribution in [0.5, 0.6) is 5.75 Å². The topological polar surface area (TPSA) is 67.4 Å². The van der Waals surface area contributed by atoms with E-state index in [1.54, 1.807) is 31.3 Å². The Balaban J connectivity index is 2.01. The van der Waals surface area contributed by atoms with Gasteiger partial charge < -0.3 is 15.4 Å². The average Bonchev–Trinajstić information content (AvgIpc) is 2.53. The van der Waals surface area contributed by atoms with Crippen LogP contribution in [0.1, 0.15) is 15.9 Å². The molecule has 0 spiro atoms. The number of anilines is 1. The number of ether oxygens (including phenoxy) is 1. The Labute approximate surface area is 157 Å². The number of benzene rings is 2. The van der Waals surface area contributed by atoms with E-state index in [2.05, 4.69) is 42.5 Å². The second-order valence-electron chi connectivity index (χ2n) is 5.03. The molecule has 0 aromatic heterocycles. The van der Waals surface area contributed by atoms with Crippen molar-refractivity contribution in [3.63, 3.8) is 0 Å². The maximum atomic E-state index is 12.1. The summed E-state index contributed by atoms with van der Waals surface area (Å²) in [4.78, 5) is 23.7. The smallest absolute Gasteiger partial charge is 0.262 e. The molecule has 24 heavy (non-hydrogen) atoms. The van der Waals surface area contributed by atoms with Crippen LogP contribution in [0, 0.1) is 6.92 Å². The third kappa shape index (κ3) is 4.82. The van der Waals surface area contributed by atoms with Gasteiger partial charge >= 0.3 is 0 Å². The minimum Gasteiger partial charge on any atom is -0.482 e. The fourth-order valence-electron chi connectivity index (χ4n) is 2.09. The van der Waals surface area contributed by atoms with Gasteiger partial charge in [-0.05, 0) is 58.7 Å². The van der Waals surface area contributed by atoms with Gasteiger partial charge in [-0.2, -0.15) is 0 Å². The van der Waals surface area contributed by atoms with Crippen LogP contribution in [-0.2, 0) is 4.79 Å². The van der Waals surface area contributed by atoms with Crippen molar-refractivity contribution in [1.29, 1.82) is 0 Å². The summed E-state index contributed by atoms with van der Waals surface area (Å²) in [7, 11) is 1.56. The molecule has 0 bridgehead atoms. The number of aryl methyl sites for hydroxylation is 1. The number of hydrogen-bond acceptors (Lipinski definition) is 3. The molecule has 0 aliphatic heterocycles. The summed E-state index contributed by atoms with van der Waals surface area (Å²) >= 11 is 6.82. The van der Waals surface area contributed by atoms with E-state index in [-0.39, 0.29) is 18.4 Å². The minimum absolute atomic E-state index is 0.134. The Morgan fingerprint density at radius 3 is 2.58 bits per heavy atom. The highest BCUT2D eigenvalue weighted by Crippen LogP contribution is 2.32. The molecule has 2 amide bonds. The SMILES string of the molecule is CNC(=O)c1cccc(NC(=O)COc2c(C)cc(Br)cc2Br)c1. The molecule has 5 nitrogen and oxygen atoms in total. The molecular formula is C17H16Br2N2O3. The Bertz CT molecular complexity index is 755. The van der Waals surface area contributed by atoms with Gasteiger partial charge in [0.2, 0.25) is 0 Å². The van der Waals surface area contributed by atoms with Crippen LogP contribution in [0.2, 0.25) is 0 Å². The van der Waals surface area contributed by atoms with Crippen LogP contribution in [0.3, 0.4) is 0 Å². The first-order valence-electron chi connectivity index (χ1n) is 7.11. The van der Waals surface area contributed by atoms with E-state index < -0.39 is 0 Å². The molecule has 0 fully saturated rings. The zero-order valence-electron chi connectivity index (χ0n) is 13.2. The predicted octanol–water partition coefficient (Wildman–Crippen LogP) is 3.90. The van der Waals surface area contributed by atoms with Crippen LogP contribution < -0.4 is 15.4 Å². The molecule has 126 valence electrons. The number of hydrogen-bond donors (Lipinski definition) is 2. The largest absolute Gasteiger partial charge is 0.482 e. The first-order valence-corrected chi connectivity index (χ1v) is 8.69. The summed E-state index contributed by atoms with van der Waals surface area (Å²) in [5, 5.41) is 5.25. The Hall–Kier alpha value is -1.86. The van der Waals surface area contributed by atoms with Crippen molar-refractivity contribution in [1.82, 2.24) is 5.32 Å². The highest BCUT2D eigenvalue weighted by atomic mass is 79.9. The summed E-state index contributed by atoms with van der Waals surface area (Å²) in [5.41, 5.74) is 1.92. The molecule has 0 saturated heterocycles. The molecular weight excluding hydrogens is 440 g/mol. The fourth-order valence-corrected chi connectivity index (χ4v) is 3.64. The van der Waals surface area contributed by atoms with Crippen LogP contribution in [0.15, 0.2) is 45.3 Å². The molecule has 0 saturated carbocycles. The van der Waals surface area contributed by atoms with Crippen LogP contribution in [0.4, 0.5) is 5.69 Å².